The molecule has 2 aromatic rings. The van der Waals surface area contributed by atoms with E-state index >= 15 is 0 Å². The number of ether oxygens (including phenoxy) is 2. The van der Waals surface area contributed by atoms with Crippen LogP contribution in [0.15, 0.2) is 36.4 Å². The van der Waals surface area contributed by atoms with E-state index < -0.39 is 0 Å². The van der Waals surface area contributed by atoms with Crippen molar-refractivity contribution in [2.45, 2.75) is 18.2 Å². The van der Waals surface area contributed by atoms with Crippen molar-refractivity contribution in [2.24, 2.45) is 0 Å². The van der Waals surface area contributed by atoms with Crippen molar-refractivity contribution in [1.82, 2.24) is 0 Å². The monoisotopic (exact) mass is 352 g/mol. The van der Waals surface area contributed by atoms with E-state index in [9.17, 15) is 4.39 Å². The number of alkyl halides is 1. The summed E-state index contributed by atoms with van der Waals surface area (Å²) in [6.07, 6.45) is 0.739. The number of benzene rings is 2. The molecular formula is C17H18BrFO2. The molecule has 0 saturated carbocycles. The van der Waals surface area contributed by atoms with Crippen LogP contribution in [0.3, 0.4) is 0 Å². The van der Waals surface area contributed by atoms with Crippen LogP contribution in [0.5, 0.6) is 11.5 Å². The van der Waals surface area contributed by atoms with Crippen LogP contribution in [0, 0.1) is 12.7 Å². The number of aryl methyl sites for hydroxylation is 1. The lowest BCUT2D eigenvalue weighted by Crippen LogP contribution is -1.98. The van der Waals surface area contributed by atoms with Crippen molar-refractivity contribution in [1.29, 1.82) is 0 Å². The minimum absolute atomic E-state index is 0.0469. The van der Waals surface area contributed by atoms with Gasteiger partial charge in [0, 0.05) is 4.83 Å². The molecule has 0 aromatic heterocycles. The molecule has 0 spiro atoms. The van der Waals surface area contributed by atoms with E-state index in [1.807, 2.05) is 24.3 Å². The number of methoxy groups -OCH3 is 2. The molecule has 0 N–H and O–H groups in total. The maximum Gasteiger partial charge on any atom is 0.160 e. The Morgan fingerprint density at radius 2 is 1.76 bits per heavy atom. The number of hydrogen-bond donors (Lipinski definition) is 0. The smallest absolute Gasteiger partial charge is 0.160 e. The van der Waals surface area contributed by atoms with Gasteiger partial charge in [0.2, 0.25) is 0 Å². The van der Waals surface area contributed by atoms with Gasteiger partial charge >= 0.3 is 0 Å². The topological polar surface area (TPSA) is 18.5 Å². The zero-order valence-corrected chi connectivity index (χ0v) is 13.9. The molecule has 0 amide bonds. The molecule has 0 heterocycles. The normalized spacial score (nSPS) is 12.0. The molecule has 0 bridgehead atoms. The third kappa shape index (κ3) is 3.76. The van der Waals surface area contributed by atoms with E-state index in [2.05, 4.69) is 15.9 Å². The summed E-state index contributed by atoms with van der Waals surface area (Å²) in [5.74, 6) is 1.22. The van der Waals surface area contributed by atoms with E-state index in [1.54, 1.807) is 33.3 Å². The molecular weight excluding hydrogens is 335 g/mol. The van der Waals surface area contributed by atoms with E-state index in [-0.39, 0.29) is 10.6 Å². The third-order valence-corrected chi connectivity index (χ3v) is 4.27. The van der Waals surface area contributed by atoms with E-state index in [0.29, 0.717) is 17.1 Å². The van der Waals surface area contributed by atoms with E-state index in [4.69, 9.17) is 9.47 Å². The van der Waals surface area contributed by atoms with Gasteiger partial charge in [0.15, 0.2) is 11.5 Å². The van der Waals surface area contributed by atoms with E-state index in [1.165, 1.54) is 0 Å². The highest BCUT2D eigenvalue weighted by Gasteiger charge is 2.12. The maximum atomic E-state index is 13.6. The van der Waals surface area contributed by atoms with Gasteiger partial charge in [-0.2, -0.15) is 0 Å². The van der Waals surface area contributed by atoms with Crippen LogP contribution < -0.4 is 9.47 Å². The molecule has 0 aliphatic carbocycles. The summed E-state index contributed by atoms with van der Waals surface area (Å²) in [7, 11) is 3.22. The average molecular weight is 353 g/mol. The van der Waals surface area contributed by atoms with Crippen molar-refractivity contribution in [3.05, 3.63) is 58.9 Å². The van der Waals surface area contributed by atoms with Crippen LogP contribution in [0.1, 0.15) is 21.5 Å². The summed E-state index contributed by atoms with van der Waals surface area (Å²) in [4.78, 5) is 0.0469. The maximum absolute atomic E-state index is 13.6. The molecule has 0 aliphatic rings. The Hall–Kier alpha value is -1.55. The lowest BCUT2D eigenvalue weighted by molar-refractivity contribution is 0.354. The van der Waals surface area contributed by atoms with Gasteiger partial charge in [0.05, 0.1) is 14.2 Å². The lowest BCUT2D eigenvalue weighted by Gasteiger charge is -2.13. The summed E-state index contributed by atoms with van der Waals surface area (Å²) >= 11 is 3.62. The van der Waals surface area contributed by atoms with Gasteiger partial charge in [-0.25, -0.2) is 4.39 Å². The number of rotatable bonds is 5. The number of halogens is 2. The molecule has 0 saturated heterocycles. The highest BCUT2D eigenvalue weighted by Crippen LogP contribution is 2.32. The van der Waals surface area contributed by atoms with Gasteiger partial charge in [0.1, 0.15) is 5.82 Å². The fourth-order valence-corrected chi connectivity index (χ4v) is 2.79. The SMILES string of the molecule is COc1ccc(CC(Br)c2ccc(C)c(F)c2)cc1OC. The van der Waals surface area contributed by atoms with Crippen LogP contribution >= 0.6 is 15.9 Å². The summed E-state index contributed by atoms with van der Waals surface area (Å²) in [5.41, 5.74) is 2.67. The van der Waals surface area contributed by atoms with Gasteiger partial charge in [-0.05, 0) is 48.2 Å². The van der Waals surface area contributed by atoms with Crippen molar-refractivity contribution in [2.75, 3.05) is 14.2 Å². The summed E-state index contributed by atoms with van der Waals surface area (Å²) in [6, 6.07) is 11.1. The molecule has 0 radical (unpaired) electrons. The average Bonchev–Trinajstić information content (AvgIpc) is 2.49. The first-order valence-corrected chi connectivity index (χ1v) is 7.57. The molecule has 0 fully saturated rings. The largest absolute Gasteiger partial charge is 0.493 e. The van der Waals surface area contributed by atoms with Crippen LogP contribution in [0.4, 0.5) is 4.39 Å². The van der Waals surface area contributed by atoms with Gasteiger partial charge in [-0.3, -0.25) is 0 Å². The zero-order chi connectivity index (χ0) is 15.4. The molecule has 2 nitrogen and oxygen atoms in total. The molecule has 112 valence electrons. The van der Waals surface area contributed by atoms with Crippen LogP contribution in [0.2, 0.25) is 0 Å². The van der Waals surface area contributed by atoms with Gasteiger partial charge in [-0.15, -0.1) is 0 Å². The van der Waals surface area contributed by atoms with Crippen molar-refractivity contribution in [3.8, 4) is 11.5 Å². The highest BCUT2D eigenvalue weighted by atomic mass is 79.9. The molecule has 4 heteroatoms. The summed E-state index contributed by atoms with van der Waals surface area (Å²) in [5, 5.41) is 0. The first kappa shape index (κ1) is 15.8. The summed E-state index contributed by atoms with van der Waals surface area (Å²) in [6.45, 7) is 1.76. The molecule has 1 atom stereocenters. The second kappa shape index (κ2) is 6.94. The van der Waals surface area contributed by atoms with Crippen LogP contribution in [-0.2, 0) is 6.42 Å². The lowest BCUT2D eigenvalue weighted by atomic mass is 10.0. The Kier molecular flexibility index (Phi) is 5.23. The molecule has 0 aliphatic heterocycles. The molecule has 2 rings (SSSR count). The molecule has 2 aromatic carbocycles. The Bertz CT molecular complexity index is 628. The molecule has 21 heavy (non-hydrogen) atoms. The second-order valence-electron chi connectivity index (χ2n) is 4.87. The van der Waals surface area contributed by atoms with Crippen LogP contribution in [0.25, 0.3) is 0 Å². The molecule has 1 unspecified atom stereocenters. The Labute approximate surface area is 133 Å². The quantitative estimate of drug-likeness (QED) is 0.717. The van der Waals surface area contributed by atoms with Crippen molar-refractivity contribution >= 4 is 15.9 Å². The fraction of sp³-hybridized carbons (Fsp3) is 0.294. The predicted octanol–water partition coefficient (Wildman–Crippen LogP) is 4.83. The van der Waals surface area contributed by atoms with Crippen molar-refractivity contribution < 1.29 is 13.9 Å². The predicted molar refractivity (Wildman–Crippen MR) is 86.1 cm³/mol. The first-order valence-electron chi connectivity index (χ1n) is 6.66. The first-order chi connectivity index (χ1) is 10.0. The minimum Gasteiger partial charge on any atom is -0.493 e. The second-order valence-corrected chi connectivity index (χ2v) is 5.97. The highest BCUT2D eigenvalue weighted by molar-refractivity contribution is 9.09. The number of hydrogen-bond acceptors (Lipinski definition) is 2. The fourth-order valence-electron chi connectivity index (χ4n) is 2.14. The third-order valence-electron chi connectivity index (χ3n) is 3.42. The standard InChI is InChI=1S/C17H18BrFO2/c1-11-4-6-13(10-15(11)19)14(18)8-12-5-7-16(20-2)17(9-12)21-3/h4-7,9-10,14H,8H2,1-3H3. The Morgan fingerprint density at radius 3 is 2.38 bits per heavy atom. The van der Waals surface area contributed by atoms with Gasteiger partial charge < -0.3 is 9.47 Å². The Morgan fingerprint density at radius 1 is 1.05 bits per heavy atom. The van der Waals surface area contributed by atoms with E-state index in [0.717, 1.165) is 17.5 Å². The summed E-state index contributed by atoms with van der Waals surface area (Å²) < 4.78 is 24.2. The zero-order valence-electron chi connectivity index (χ0n) is 12.3. The Balaban J connectivity index is 2.18. The van der Waals surface area contributed by atoms with Gasteiger partial charge in [-0.1, -0.05) is 34.1 Å². The minimum atomic E-state index is -0.177. The van der Waals surface area contributed by atoms with Crippen LogP contribution in [-0.4, -0.2) is 14.2 Å². The van der Waals surface area contributed by atoms with Gasteiger partial charge in [0.25, 0.3) is 0 Å². The van der Waals surface area contributed by atoms with Crippen molar-refractivity contribution in [3.63, 3.8) is 0 Å².